The van der Waals surface area contributed by atoms with Crippen LogP contribution in [0.2, 0.25) is 0 Å². The number of nitrogens with one attached hydrogen (secondary N) is 1. The minimum atomic E-state index is -1.53. The summed E-state index contributed by atoms with van der Waals surface area (Å²) in [6.07, 6.45) is -1.59. The van der Waals surface area contributed by atoms with Crippen LogP contribution in [-0.2, 0) is 25.5 Å². The summed E-state index contributed by atoms with van der Waals surface area (Å²) in [4.78, 5) is 37.9. The molecular weight excluding hydrogens is 411 g/mol. The number of amides is 2. The van der Waals surface area contributed by atoms with Gasteiger partial charge in [0, 0.05) is 16.8 Å². The van der Waals surface area contributed by atoms with Crippen molar-refractivity contribution in [3.63, 3.8) is 0 Å². The summed E-state index contributed by atoms with van der Waals surface area (Å²) < 4.78 is 5.74. The molecule has 146 valence electrons. The molecule has 3 heterocycles. The average Bonchev–Trinajstić information content (AvgIpc) is 3.18. The fourth-order valence-electron chi connectivity index (χ4n) is 3.29. The number of thiophene rings is 1. The SMILES string of the molecule is C[C@@H](O)[C@H]1C(=O)N2C(C(=O)[O-])=C(C(C)(C)CNC(=O)Cc3cccs3)O[C@H]12.[K+]. The Labute approximate surface area is 209 Å². The van der Waals surface area contributed by atoms with Gasteiger partial charge in [-0.25, -0.2) is 0 Å². The molecule has 8 nitrogen and oxygen atoms in total. The van der Waals surface area contributed by atoms with Gasteiger partial charge in [-0.3, -0.25) is 14.5 Å². The number of carboxylic acid groups (broad SMARTS) is 1. The number of aliphatic carboxylic acids is 1. The van der Waals surface area contributed by atoms with Gasteiger partial charge in [0.1, 0.15) is 17.4 Å². The van der Waals surface area contributed by atoms with Crippen molar-refractivity contribution in [2.45, 2.75) is 39.5 Å². The summed E-state index contributed by atoms with van der Waals surface area (Å²) >= 11 is 1.48. The molecule has 0 aliphatic carbocycles. The number of carboxylic acids is 1. The second-order valence-electron chi connectivity index (χ2n) is 7.36. The molecule has 0 radical (unpaired) electrons. The molecule has 0 aromatic carbocycles. The molecular formula is C18H21KN2O6S. The monoisotopic (exact) mass is 432 g/mol. The molecule has 1 aromatic rings. The first kappa shape index (κ1) is 23.5. The predicted molar refractivity (Wildman–Crippen MR) is 93.7 cm³/mol. The van der Waals surface area contributed by atoms with Crippen molar-refractivity contribution in [2.75, 3.05) is 6.54 Å². The molecule has 1 aromatic heterocycles. The summed E-state index contributed by atoms with van der Waals surface area (Å²) in [5.74, 6) is -2.98. The standard InChI is InChI=1S/C18H22N2O6S.K/c1-9(21)12-15(23)20-13(17(24)25)14(26-16(12)20)18(2,3)8-19-11(22)7-10-5-4-6-27-10;/h4-6,9,12,16,21H,7-8H2,1-3H3,(H,19,22)(H,24,25);/q;+1/p-1/t9-,12+,16-;/m1./s1. The van der Waals surface area contributed by atoms with E-state index in [2.05, 4.69) is 5.32 Å². The van der Waals surface area contributed by atoms with Gasteiger partial charge in [0.15, 0.2) is 6.23 Å². The van der Waals surface area contributed by atoms with Gasteiger partial charge in [-0.1, -0.05) is 19.9 Å². The van der Waals surface area contributed by atoms with E-state index >= 15 is 0 Å². The smallest absolute Gasteiger partial charge is 0.543 e. The quantitative estimate of drug-likeness (QED) is 0.342. The van der Waals surface area contributed by atoms with Gasteiger partial charge in [0.05, 0.1) is 18.5 Å². The largest absolute Gasteiger partial charge is 1.00 e. The van der Waals surface area contributed by atoms with E-state index < -0.39 is 35.5 Å². The molecule has 2 aliphatic rings. The van der Waals surface area contributed by atoms with Gasteiger partial charge < -0.3 is 25.1 Å². The van der Waals surface area contributed by atoms with Crippen LogP contribution < -0.4 is 61.8 Å². The first-order valence-electron chi connectivity index (χ1n) is 8.56. The van der Waals surface area contributed by atoms with Gasteiger partial charge in [-0.15, -0.1) is 11.3 Å². The molecule has 3 atom stereocenters. The van der Waals surface area contributed by atoms with Crippen molar-refractivity contribution in [3.05, 3.63) is 33.8 Å². The first-order valence-corrected chi connectivity index (χ1v) is 9.44. The van der Waals surface area contributed by atoms with E-state index in [-0.39, 0.29) is 81.7 Å². The molecule has 0 bridgehead atoms. The van der Waals surface area contributed by atoms with Crippen LogP contribution >= 0.6 is 11.3 Å². The summed E-state index contributed by atoms with van der Waals surface area (Å²) in [6.45, 7) is 5.00. The molecule has 0 spiro atoms. The normalized spacial score (nSPS) is 22.0. The number of carbonyl (C=O) groups excluding carboxylic acids is 3. The molecule has 1 fully saturated rings. The number of hydrogen-bond acceptors (Lipinski definition) is 7. The zero-order chi connectivity index (χ0) is 19.9. The number of rotatable bonds is 7. The van der Waals surface area contributed by atoms with Crippen molar-refractivity contribution in [1.82, 2.24) is 10.2 Å². The van der Waals surface area contributed by atoms with E-state index in [0.717, 1.165) is 9.78 Å². The van der Waals surface area contributed by atoms with Gasteiger partial charge in [0.25, 0.3) is 0 Å². The van der Waals surface area contributed by atoms with Crippen molar-refractivity contribution in [1.29, 1.82) is 0 Å². The van der Waals surface area contributed by atoms with Crippen LogP contribution in [0.15, 0.2) is 29.0 Å². The molecule has 0 saturated carbocycles. The van der Waals surface area contributed by atoms with Crippen LogP contribution in [0.3, 0.4) is 0 Å². The Hall–Kier alpha value is -0.754. The Morgan fingerprint density at radius 2 is 2.14 bits per heavy atom. The van der Waals surface area contributed by atoms with Crippen LogP contribution in [0, 0.1) is 11.3 Å². The van der Waals surface area contributed by atoms with E-state index in [1.165, 1.54) is 18.3 Å². The molecule has 2 aliphatic heterocycles. The average molecular weight is 433 g/mol. The number of aliphatic hydroxyl groups excluding tert-OH is 1. The summed E-state index contributed by atoms with van der Waals surface area (Å²) in [6, 6.07) is 3.72. The van der Waals surface area contributed by atoms with E-state index in [1.54, 1.807) is 13.8 Å². The third-order valence-corrected chi connectivity index (χ3v) is 5.63. The number of nitrogens with zero attached hydrogens (tertiary/aromatic N) is 1. The fraction of sp³-hybridized carbons (Fsp3) is 0.500. The second-order valence-corrected chi connectivity index (χ2v) is 8.40. The molecule has 2 amide bonds. The summed E-state index contributed by atoms with van der Waals surface area (Å²) in [5.41, 5.74) is -1.22. The summed E-state index contributed by atoms with van der Waals surface area (Å²) in [7, 11) is 0. The Kier molecular flexibility index (Phi) is 7.52. The fourth-order valence-corrected chi connectivity index (χ4v) is 3.99. The number of hydrogen-bond donors (Lipinski definition) is 2. The minimum absolute atomic E-state index is 0. The number of β-lactam (4-membered cyclic amide) rings is 1. The van der Waals surface area contributed by atoms with Crippen LogP contribution in [0.5, 0.6) is 0 Å². The Morgan fingerprint density at radius 3 is 2.68 bits per heavy atom. The van der Waals surface area contributed by atoms with Gasteiger partial charge in [-0.2, -0.15) is 0 Å². The van der Waals surface area contributed by atoms with Crippen molar-refractivity contribution in [2.24, 2.45) is 11.3 Å². The van der Waals surface area contributed by atoms with Crippen LogP contribution in [0.25, 0.3) is 0 Å². The Morgan fingerprint density at radius 1 is 1.46 bits per heavy atom. The topological polar surface area (TPSA) is 119 Å². The Balaban J connectivity index is 0.00000280. The zero-order valence-electron chi connectivity index (χ0n) is 16.2. The van der Waals surface area contributed by atoms with E-state index in [9.17, 15) is 24.6 Å². The van der Waals surface area contributed by atoms with Crippen molar-refractivity contribution >= 4 is 29.1 Å². The first-order chi connectivity index (χ1) is 12.6. The van der Waals surface area contributed by atoms with Crippen LogP contribution in [-0.4, -0.2) is 46.7 Å². The molecule has 0 unspecified atom stereocenters. The van der Waals surface area contributed by atoms with E-state index in [0.29, 0.717) is 0 Å². The van der Waals surface area contributed by atoms with Crippen molar-refractivity contribution in [3.8, 4) is 0 Å². The third-order valence-electron chi connectivity index (χ3n) is 4.75. The van der Waals surface area contributed by atoms with Crippen LogP contribution in [0.1, 0.15) is 25.6 Å². The van der Waals surface area contributed by atoms with E-state index in [4.69, 9.17) is 4.74 Å². The molecule has 3 rings (SSSR count). The maximum Gasteiger partial charge on any atom is 1.00 e. The number of aliphatic hydroxyl groups is 1. The Bertz CT molecular complexity index is 805. The molecule has 28 heavy (non-hydrogen) atoms. The zero-order valence-corrected chi connectivity index (χ0v) is 20.2. The number of fused-ring (bicyclic) bond motifs is 1. The number of ether oxygens (including phenoxy) is 1. The van der Waals surface area contributed by atoms with E-state index in [1.807, 2.05) is 17.5 Å². The van der Waals surface area contributed by atoms with Gasteiger partial charge in [-0.05, 0) is 18.4 Å². The summed E-state index contributed by atoms with van der Waals surface area (Å²) in [5, 5.41) is 26.0. The van der Waals surface area contributed by atoms with Gasteiger partial charge in [0.2, 0.25) is 11.8 Å². The predicted octanol–water partition coefficient (Wildman–Crippen LogP) is -3.41. The molecule has 10 heteroatoms. The maximum absolute atomic E-state index is 12.2. The maximum atomic E-state index is 12.2. The third kappa shape index (κ3) is 4.37. The second kappa shape index (κ2) is 8.94. The van der Waals surface area contributed by atoms with Crippen molar-refractivity contribution < 1.29 is 80.7 Å². The minimum Gasteiger partial charge on any atom is -0.543 e. The number of carbonyl (C=O) groups is 3. The van der Waals surface area contributed by atoms with Gasteiger partial charge >= 0.3 is 51.4 Å². The molecule has 2 N–H and O–H groups in total. The molecule has 1 saturated heterocycles. The van der Waals surface area contributed by atoms with Crippen LogP contribution in [0.4, 0.5) is 0 Å².